The van der Waals surface area contributed by atoms with Crippen LogP contribution in [0.15, 0.2) is 185 Å². The van der Waals surface area contributed by atoms with Gasteiger partial charge in [-0.2, -0.15) is 0 Å². The fourth-order valence-corrected chi connectivity index (χ4v) is 8.06. The molecule has 0 saturated carbocycles. The van der Waals surface area contributed by atoms with Crippen molar-refractivity contribution >= 4 is 93.3 Å². The first-order valence-corrected chi connectivity index (χ1v) is 17.3. The molecule has 0 aliphatic rings. The molecule has 0 N–H and O–H groups in total. The van der Waals surface area contributed by atoms with Crippen LogP contribution in [0.2, 0.25) is 0 Å². The largest absolute Gasteiger partial charge is 0.456 e. The molecule has 0 spiro atoms. The highest BCUT2D eigenvalue weighted by Crippen LogP contribution is 2.43. The molecule has 238 valence electrons. The van der Waals surface area contributed by atoms with Gasteiger partial charge in [0, 0.05) is 50.7 Å². The molecule has 0 unspecified atom stereocenters. The average Bonchev–Trinajstić information content (AvgIpc) is 3.76. The van der Waals surface area contributed by atoms with E-state index in [1.54, 1.807) is 0 Å². The molecule has 0 fully saturated rings. The second-order valence-electron chi connectivity index (χ2n) is 13.3. The van der Waals surface area contributed by atoms with Gasteiger partial charge in [-0.3, -0.25) is 0 Å². The third-order valence-corrected chi connectivity index (χ3v) is 10.4. The van der Waals surface area contributed by atoms with Gasteiger partial charge in [-0.1, -0.05) is 109 Å². The van der Waals surface area contributed by atoms with Crippen molar-refractivity contribution in [2.24, 2.45) is 0 Å². The van der Waals surface area contributed by atoms with Crippen LogP contribution in [0.4, 0.5) is 17.1 Å². The number of hydrogen-bond donors (Lipinski definition) is 0. The van der Waals surface area contributed by atoms with Crippen molar-refractivity contribution in [2.45, 2.75) is 0 Å². The van der Waals surface area contributed by atoms with E-state index in [9.17, 15) is 0 Å². The average molecular weight is 652 g/mol. The summed E-state index contributed by atoms with van der Waals surface area (Å²) in [5.41, 5.74) is 8.94. The molecule has 0 radical (unpaired) electrons. The quantitative estimate of drug-likeness (QED) is 0.177. The first kappa shape index (κ1) is 28.0. The highest BCUT2D eigenvalue weighted by atomic mass is 16.3. The minimum absolute atomic E-state index is 0.855. The molecule has 11 aromatic rings. The lowest BCUT2D eigenvalue weighted by Gasteiger charge is -2.25. The lowest BCUT2D eigenvalue weighted by atomic mass is 9.93. The van der Waals surface area contributed by atoms with Gasteiger partial charge in [0.25, 0.3) is 0 Å². The minimum Gasteiger partial charge on any atom is -0.456 e. The van der Waals surface area contributed by atoms with E-state index in [-0.39, 0.29) is 0 Å². The van der Waals surface area contributed by atoms with E-state index in [2.05, 4.69) is 169 Å². The topological polar surface area (TPSA) is 29.5 Å². The fourth-order valence-electron chi connectivity index (χ4n) is 8.06. The molecular formula is C48H29NO2. The van der Waals surface area contributed by atoms with Gasteiger partial charge in [-0.25, -0.2) is 0 Å². The highest BCUT2D eigenvalue weighted by molar-refractivity contribution is 6.19. The van der Waals surface area contributed by atoms with Crippen LogP contribution < -0.4 is 4.90 Å². The zero-order valence-electron chi connectivity index (χ0n) is 27.5. The molecule has 2 heterocycles. The summed E-state index contributed by atoms with van der Waals surface area (Å²) in [7, 11) is 0. The molecule has 11 rings (SSSR count). The maximum absolute atomic E-state index is 6.54. The minimum atomic E-state index is 0.855. The van der Waals surface area contributed by atoms with Crippen LogP contribution >= 0.6 is 0 Å². The molecule has 0 amide bonds. The van der Waals surface area contributed by atoms with E-state index < -0.39 is 0 Å². The van der Waals surface area contributed by atoms with Gasteiger partial charge in [0.1, 0.15) is 22.3 Å². The first-order chi connectivity index (χ1) is 25.3. The molecule has 0 saturated heterocycles. The smallest absolute Gasteiger partial charge is 0.137 e. The van der Waals surface area contributed by atoms with E-state index in [1.807, 2.05) is 12.1 Å². The van der Waals surface area contributed by atoms with Gasteiger partial charge < -0.3 is 13.7 Å². The normalized spacial score (nSPS) is 11.9. The Hall–Kier alpha value is -6.84. The number of rotatable bonds is 4. The Morgan fingerprint density at radius 2 is 0.882 bits per heavy atom. The van der Waals surface area contributed by atoms with Gasteiger partial charge in [0.2, 0.25) is 0 Å². The predicted octanol–water partition coefficient (Wildman–Crippen LogP) is 14.1. The fraction of sp³-hybridized carbons (Fsp3) is 0. The Bertz CT molecular complexity index is 3150. The number of anilines is 3. The van der Waals surface area contributed by atoms with Gasteiger partial charge in [0.05, 0.1) is 0 Å². The van der Waals surface area contributed by atoms with Crippen LogP contribution in [-0.2, 0) is 0 Å². The molecule has 0 bridgehead atoms. The molecule has 51 heavy (non-hydrogen) atoms. The number of furan rings is 2. The van der Waals surface area contributed by atoms with Crippen molar-refractivity contribution in [1.82, 2.24) is 0 Å². The van der Waals surface area contributed by atoms with Crippen LogP contribution in [0.1, 0.15) is 0 Å². The maximum Gasteiger partial charge on any atom is 0.137 e. The van der Waals surface area contributed by atoms with Crippen LogP contribution in [0.3, 0.4) is 0 Å². The van der Waals surface area contributed by atoms with Gasteiger partial charge in [-0.05, 0) is 98.0 Å². The number of fused-ring (bicyclic) bond motifs is 11. The van der Waals surface area contributed by atoms with E-state index in [0.29, 0.717) is 0 Å². The van der Waals surface area contributed by atoms with Gasteiger partial charge in [0.15, 0.2) is 0 Å². The lowest BCUT2D eigenvalue weighted by Crippen LogP contribution is -2.09. The second-order valence-corrected chi connectivity index (χ2v) is 13.3. The van der Waals surface area contributed by atoms with Gasteiger partial charge in [-0.15, -0.1) is 0 Å². The number of benzene rings is 9. The van der Waals surface area contributed by atoms with Crippen molar-refractivity contribution in [3.63, 3.8) is 0 Å². The second kappa shape index (κ2) is 10.8. The zero-order chi connectivity index (χ0) is 33.5. The highest BCUT2D eigenvalue weighted by Gasteiger charge is 2.19. The maximum atomic E-state index is 6.54. The standard InChI is InChI=1S/C48H29NO2/c1-4-12-37-30(9-1)19-26-45-48(37)42-25-23-35(29-47(42)51-45)49(34-22-24-41-40-15-7-8-16-44(40)50-46(41)28-34)33-20-17-31(18-21-33)43-27-32-10-2-3-11-36(32)38-13-5-6-14-39(38)43/h1-29H. The predicted molar refractivity (Wildman–Crippen MR) is 214 cm³/mol. The van der Waals surface area contributed by atoms with E-state index in [1.165, 1.54) is 43.4 Å². The summed E-state index contributed by atoms with van der Waals surface area (Å²) in [6.07, 6.45) is 0. The van der Waals surface area contributed by atoms with Crippen LogP contribution in [-0.4, -0.2) is 0 Å². The van der Waals surface area contributed by atoms with E-state index >= 15 is 0 Å². The Labute approximate surface area is 293 Å². The summed E-state index contributed by atoms with van der Waals surface area (Å²) in [5.74, 6) is 0. The number of nitrogens with zero attached hydrogens (tertiary/aromatic N) is 1. The van der Waals surface area contributed by atoms with Crippen LogP contribution in [0.5, 0.6) is 0 Å². The molecule has 2 aromatic heterocycles. The van der Waals surface area contributed by atoms with Crippen molar-refractivity contribution in [3.8, 4) is 11.1 Å². The molecule has 3 heteroatoms. The van der Waals surface area contributed by atoms with Crippen LogP contribution in [0.25, 0.3) is 87.3 Å². The molecule has 0 atom stereocenters. The number of hydrogen-bond acceptors (Lipinski definition) is 3. The Morgan fingerprint density at radius 3 is 1.69 bits per heavy atom. The van der Waals surface area contributed by atoms with Crippen molar-refractivity contribution in [2.75, 3.05) is 4.90 Å². The zero-order valence-corrected chi connectivity index (χ0v) is 27.5. The third kappa shape index (κ3) is 4.32. The summed E-state index contributed by atoms with van der Waals surface area (Å²) >= 11 is 0. The summed E-state index contributed by atoms with van der Waals surface area (Å²) in [4.78, 5) is 2.29. The SMILES string of the molecule is c1ccc2c(c1)cc(-c1ccc(N(c3ccc4c(c3)oc3ccccc34)c3ccc4c(c3)oc3ccc5ccccc5c34)cc1)c1ccccc12. The Kier molecular flexibility index (Phi) is 5.96. The van der Waals surface area contributed by atoms with E-state index in [0.717, 1.165) is 60.9 Å². The Morgan fingerprint density at radius 1 is 0.314 bits per heavy atom. The third-order valence-electron chi connectivity index (χ3n) is 10.4. The van der Waals surface area contributed by atoms with Crippen molar-refractivity contribution < 1.29 is 8.83 Å². The first-order valence-electron chi connectivity index (χ1n) is 17.3. The van der Waals surface area contributed by atoms with Crippen molar-refractivity contribution in [3.05, 3.63) is 176 Å². The summed E-state index contributed by atoms with van der Waals surface area (Å²) in [6.45, 7) is 0. The molecule has 3 nitrogen and oxygen atoms in total. The summed E-state index contributed by atoms with van der Waals surface area (Å²) < 4.78 is 12.9. The monoisotopic (exact) mass is 651 g/mol. The molecule has 0 aliphatic heterocycles. The number of para-hydroxylation sites is 1. The van der Waals surface area contributed by atoms with Gasteiger partial charge >= 0.3 is 0 Å². The summed E-state index contributed by atoms with van der Waals surface area (Å²) in [6, 6.07) is 62.6. The molecular weight excluding hydrogens is 623 g/mol. The van der Waals surface area contributed by atoms with Crippen LogP contribution in [0, 0.1) is 0 Å². The molecule has 0 aliphatic carbocycles. The lowest BCUT2D eigenvalue weighted by molar-refractivity contribution is 0.669. The summed E-state index contributed by atoms with van der Waals surface area (Å²) in [5, 5.41) is 11.9. The Balaban J connectivity index is 1.10. The van der Waals surface area contributed by atoms with Crippen molar-refractivity contribution in [1.29, 1.82) is 0 Å². The molecule has 9 aromatic carbocycles. The van der Waals surface area contributed by atoms with E-state index in [4.69, 9.17) is 8.83 Å².